The van der Waals surface area contributed by atoms with Crippen molar-refractivity contribution in [2.75, 3.05) is 37.4 Å². The minimum atomic E-state index is -0.331. The monoisotopic (exact) mass is 801 g/mol. The molecule has 6 rings (SSSR count). The van der Waals surface area contributed by atoms with Crippen LogP contribution in [0.2, 0.25) is 0 Å². The zero-order chi connectivity index (χ0) is 42.0. The van der Waals surface area contributed by atoms with Gasteiger partial charge in [0.2, 0.25) is 0 Å². The molecule has 0 spiro atoms. The normalized spacial score (nSPS) is 12.8. The Morgan fingerprint density at radius 2 is 1.61 bits per heavy atom. The Balaban J connectivity index is 0.000000228. The lowest BCUT2D eigenvalue weighted by molar-refractivity contribution is -0.123. The van der Waals surface area contributed by atoms with E-state index in [0.717, 1.165) is 40.6 Å². The number of fused-ring (bicyclic) bond motifs is 1. The number of nitrogens with zero attached hydrogens (tertiary/aromatic N) is 3. The van der Waals surface area contributed by atoms with Crippen LogP contribution < -0.4 is 36.5 Å². The van der Waals surface area contributed by atoms with E-state index in [1.54, 1.807) is 42.5 Å². The van der Waals surface area contributed by atoms with E-state index in [1.807, 2.05) is 44.3 Å². The number of aromatic nitrogens is 1. The number of nitrogens with two attached hydrogens (primary N) is 1. The highest BCUT2D eigenvalue weighted by Crippen LogP contribution is 2.27. The van der Waals surface area contributed by atoms with E-state index < -0.39 is 0 Å². The molecule has 1 fully saturated rings. The summed E-state index contributed by atoms with van der Waals surface area (Å²) in [5.74, 6) is 0.595. The van der Waals surface area contributed by atoms with Crippen molar-refractivity contribution >= 4 is 52.0 Å². The lowest BCUT2D eigenvalue weighted by atomic mass is 9.95. The van der Waals surface area contributed by atoms with Gasteiger partial charge in [-0.15, -0.1) is 0 Å². The standard InChI is InChI=1S/C26H34N4O2.C18H17N5O4/c1-3-32-21-10-12-24-22(15-21)19(16-28-24)13-17(2)29-26(31)18-9-11-25(23(27)14-18)30-20-7-5-4-6-8-20;19-23-22-15-5-3-14(4-6-15)18(26)21-10-9-20-17(25)12-27-16-7-1-13(11-24)2-8-16/h9-12,14-17,20,28,30H,3-8,13,27H2,1-2H3,(H,29,31);1-8,11H,9-10,12H2,(H,20,25)(H,21,26)/t17-;/m1./s1. The molecular formula is C44H51N9O6. The van der Waals surface area contributed by atoms with Crippen LogP contribution >= 0.6 is 0 Å². The highest BCUT2D eigenvalue weighted by atomic mass is 16.5. The maximum absolute atomic E-state index is 12.8. The number of benzene rings is 4. The number of ether oxygens (including phenoxy) is 2. The predicted molar refractivity (Wildman–Crippen MR) is 229 cm³/mol. The van der Waals surface area contributed by atoms with E-state index >= 15 is 0 Å². The van der Waals surface area contributed by atoms with E-state index in [2.05, 4.69) is 42.3 Å². The fourth-order valence-electron chi connectivity index (χ4n) is 6.63. The van der Waals surface area contributed by atoms with Crippen LogP contribution in [0.4, 0.5) is 17.1 Å². The van der Waals surface area contributed by atoms with Crippen LogP contribution in [0, 0.1) is 0 Å². The van der Waals surface area contributed by atoms with Gasteiger partial charge in [-0.2, -0.15) is 0 Å². The molecule has 0 aliphatic heterocycles. The van der Waals surface area contributed by atoms with Gasteiger partial charge in [0.1, 0.15) is 17.8 Å². The van der Waals surface area contributed by atoms with Gasteiger partial charge in [0, 0.05) is 69.6 Å². The highest BCUT2D eigenvalue weighted by molar-refractivity contribution is 5.96. The molecule has 1 aliphatic rings. The molecule has 7 N–H and O–H groups in total. The summed E-state index contributed by atoms with van der Waals surface area (Å²) >= 11 is 0. The largest absolute Gasteiger partial charge is 0.494 e. The number of hydrogen-bond acceptors (Lipinski definition) is 9. The van der Waals surface area contributed by atoms with E-state index in [9.17, 15) is 19.2 Å². The summed E-state index contributed by atoms with van der Waals surface area (Å²) in [6, 6.07) is 24.6. The van der Waals surface area contributed by atoms with E-state index in [-0.39, 0.29) is 43.5 Å². The SMILES string of the molecule is CCOc1ccc2[nH]cc(C[C@@H](C)NC(=O)c3ccc(NC4CCCCC4)c(N)c3)c2c1.[N-]=[N+]=Nc1ccc(C(=O)NCCNC(=O)COc2ccc(C=O)cc2)cc1. The Kier molecular flexibility index (Phi) is 16.1. The maximum Gasteiger partial charge on any atom is 0.258 e. The molecule has 1 saturated carbocycles. The third-order valence-corrected chi connectivity index (χ3v) is 9.64. The molecule has 308 valence electrons. The smallest absolute Gasteiger partial charge is 0.258 e. The number of anilines is 2. The van der Waals surface area contributed by atoms with Crippen LogP contribution in [0.5, 0.6) is 11.5 Å². The third kappa shape index (κ3) is 13.3. The number of aromatic amines is 1. The molecule has 1 atom stereocenters. The van der Waals surface area contributed by atoms with Crippen LogP contribution in [0.3, 0.4) is 0 Å². The minimum absolute atomic E-state index is 0.0292. The molecule has 3 amide bonds. The van der Waals surface area contributed by atoms with Crippen molar-refractivity contribution in [3.05, 3.63) is 124 Å². The highest BCUT2D eigenvalue weighted by Gasteiger charge is 2.17. The number of nitrogens with one attached hydrogen (secondary N) is 5. The number of amides is 3. The van der Waals surface area contributed by atoms with Gasteiger partial charge in [0.25, 0.3) is 17.7 Å². The van der Waals surface area contributed by atoms with Crippen molar-refractivity contribution in [2.24, 2.45) is 5.11 Å². The molecule has 1 heterocycles. The van der Waals surface area contributed by atoms with Crippen molar-refractivity contribution < 1.29 is 28.7 Å². The average molecular weight is 802 g/mol. The lowest BCUT2D eigenvalue weighted by Gasteiger charge is -2.24. The minimum Gasteiger partial charge on any atom is -0.494 e. The third-order valence-electron chi connectivity index (χ3n) is 9.64. The first-order chi connectivity index (χ1) is 28.6. The summed E-state index contributed by atoms with van der Waals surface area (Å²) in [5, 5.41) is 16.5. The predicted octanol–water partition coefficient (Wildman–Crippen LogP) is 7.62. The molecule has 59 heavy (non-hydrogen) atoms. The van der Waals surface area contributed by atoms with Gasteiger partial charge in [-0.05, 0) is 117 Å². The van der Waals surface area contributed by atoms with Crippen LogP contribution in [0.15, 0.2) is 96.2 Å². The quantitative estimate of drug-likeness (QED) is 0.0137. The number of azide groups is 1. The van der Waals surface area contributed by atoms with Crippen LogP contribution in [0.25, 0.3) is 21.3 Å². The molecule has 0 unspecified atom stereocenters. The van der Waals surface area contributed by atoms with Crippen LogP contribution in [0.1, 0.15) is 82.6 Å². The first-order valence-corrected chi connectivity index (χ1v) is 19.7. The lowest BCUT2D eigenvalue weighted by Crippen LogP contribution is -2.36. The number of hydrogen-bond donors (Lipinski definition) is 6. The van der Waals surface area contributed by atoms with Gasteiger partial charge in [-0.25, -0.2) is 0 Å². The molecule has 0 saturated heterocycles. The Bertz CT molecular complexity index is 2230. The molecule has 1 aliphatic carbocycles. The maximum atomic E-state index is 12.8. The van der Waals surface area contributed by atoms with E-state index in [0.29, 0.717) is 46.5 Å². The summed E-state index contributed by atoms with van der Waals surface area (Å²) in [4.78, 5) is 53.0. The van der Waals surface area contributed by atoms with Gasteiger partial charge in [-0.3, -0.25) is 19.2 Å². The molecule has 15 nitrogen and oxygen atoms in total. The average Bonchev–Trinajstić information content (AvgIpc) is 3.64. The summed E-state index contributed by atoms with van der Waals surface area (Å²) < 4.78 is 10.9. The first-order valence-electron chi connectivity index (χ1n) is 19.7. The second kappa shape index (κ2) is 22.1. The summed E-state index contributed by atoms with van der Waals surface area (Å²) in [7, 11) is 0. The second-order valence-corrected chi connectivity index (χ2v) is 14.1. The summed E-state index contributed by atoms with van der Waals surface area (Å²) in [5.41, 5.74) is 20.3. The Morgan fingerprint density at radius 1 is 0.898 bits per heavy atom. The summed E-state index contributed by atoms with van der Waals surface area (Å²) in [6.07, 6.45) is 9.65. The number of carbonyl (C=O) groups is 4. The zero-order valence-corrected chi connectivity index (χ0v) is 33.3. The van der Waals surface area contributed by atoms with Gasteiger partial charge < -0.3 is 41.5 Å². The van der Waals surface area contributed by atoms with Crippen molar-refractivity contribution in [2.45, 2.75) is 64.5 Å². The molecule has 5 aromatic rings. The Morgan fingerprint density at radius 3 is 2.31 bits per heavy atom. The van der Waals surface area contributed by atoms with Crippen LogP contribution in [-0.2, 0) is 11.2 Å². The Labute approximate surface area is 343 Å². The molecule has 15 heteroatoms. The van der Waals surface area contributed by atoms with Crippen LogP contribution in [-0.4, -0.2) is 67.4 Å². The Hall–Kier alpha value is -6.99. The first kappa shape index (κ1) is 43.1. The number of H-pyrrole nitrogens is 1. The van der Waals surface area contributed by atoms with Gasteiger partial charge in [0.15, 0.2) is 6.61 Å². The molecular weight excluding hydrogens is 751 g/mol. The number of nitrogen functional groups attached to an aromatic ring is 1. The number of carbonyl (C=O) groups excluding carboxylic acids is 4. The van der Waals surface area contributed by atoms with E-state index in [1.165, 1.54) is 44.2 Å². The molecule has 1 aromatic heterocycles. The van der Waals surface area contributed by atoms with Gasteiger partial charge >= 0.3 is 0 Å². The zero-order valence-electron chi connectivity index (χ0n) is 33.3. The molecule has 4 aromatic carbocycles. The van der Waals surface area contributed by atoms with Gasteiger partial charge in [0.05, 0.1) is 18.0 Å². The summed E-state index contributed by atoms with van der Waals surface area (Å²) in [6.45, 7) is 4.95. The van der Waals surface area contributed by atoms with Crippen molar-refractivity contribution in [1.29, 1.82) is 0 Å². The fourth-order valence-corrected chi connectivity index (χ4v) is 6.63. The van der Waals surface area contributed by atoms with Crippen molar-refractivity contribution in [3.8, 4) is 11.5 Å². The number of rotatable bonds is 17. The second-order valence-electron chi connectivity index (χ2n) is 14.1. The number of aldehydes is 1. The molecule has 0 bridgehead atoms. The van der Waals surface area contributed by atoms with Crippen molar-refractivity contribution in [3.63, 3.8) is 0 Å². The van der Waals surface area contributed by atoms with Gasteiger partial charge in [-0.1, -0.05) is 36.5 Å². The van der Waals surface area contributed by atoms with Crippen molar-refractivity contribution in [1.82, 2.24) is 20.9 Å². The topological polar surface area (TPSA) is 225 Å². The fraction of sp³-hybridized carbons (Fsp3) is 0.318. The molecule has 0 radical (unpaired) electrons. The van der Waals surface area contributed by atoms with E-state index in [4.69, 9.17) is 20.7 Å².